The molecule has 2 fully saturated rings. The lowest BCUT2D eigenvalue weighted by Gasteiger charge is -2.48. The highest BCUT2D eigenvalue weighted by Gasteiger charge is 2.42. The van der Waals surface area contributed by atoms with E-state index >= 15 is 0 Å². The van der Waals surface area contributed by atoms with E-state index in [1.54, 1.807) is 0 Å². The van der Waals surface area contributed by atoms with Crippen molar-refractivity contribution in [1.82, 2.24) is 0 Å². The molecule has 76 valence electrons. The first kappa shape index (κ1) is 9.51. The molecule has 0 amide bonds. The Kier molecular flexibility index (Phi) is 2.64. The van der Waals surface area contributed by atoms with Crippen molar-refractivity contribution >= 4 is 0 Å². The van der Waals surface area contributed by atoms with Gasteiger partial charge in [0.05, 0.1) is 0 Å². The van der Waals surface area contributed by atoms with Crippen LogP contribution in [0.4, 0.5) is 0 Å². The zero-order valence-corrected chi connectivity index (χ0v) is 8.89. The second kappa shape index (κ2) is 3.61. The molecule has 2 atom stereocenters. The summed E-state index contributed by atoms with van der Waals surface area (Å²) in [6, 6.07) is 0.501. The van der Waals surface area contributed by atoms with Crippen LogP contribution >= 0.6 is 0 Å². The first-order valence-electron chi connectivity index (χ1n) is 6.00. The van der Waals surface area contributed by atoms with E-state index in [-0.39, 0.29) is 0 Å². The van der Waals surface area contributed by atoms with Crippen molar-refractivity contribution in [2.24, 2.45) is 17.1 Å². The lowest BCUT2D eigenvalue weighted by atomic mass is 9.60. The monoisotopic (exact) mass is 181 g/mol. The van der Waals surface area contributed by atoms with E-state index in [1.165, 1.54) is 51.4 Å². The van der Waals surface area contributed by atoms with Gasteiger partial charge in [-0.25, -0.2) is 0 Å². The van der Waals surface area contributed by atoms with Gasteiger partial charge in [0.1, 0.15) is 0 Å². The molecule has 2 unspecified atom stereocenters. The van der Waals surface area contributed by atoms with E-state index in [0.29, 0.717) is 11.5 Å². The number of hydrogen-bond acceptors (Lipinski definition) is 1. The zero-order chi connectivity index (χ0) is 9.31. The van der Waals surface area contributed by atoms with Crippen molar-refractivity contribution in [2.75, 3.05) is 0 Å². The van der Waals surface area contributed by atoms with Gasteiger partial charge in [0, 0.05) is 6.04 Å². The molecule has 0 aromatic rings. The van der Waals surface area contributed by atoms with Gasteiger partial charge in [0.15, 0.2) is 0 Å². The van der Waals surface area contributed by atoms with Gasteiger partial charge in [-0.2, -0.15) is 0 Å². The fraction of sp³-hybridized carbons (Fsp3) is 1.00. The molecular formula is C12H23N. The second-order valence-electron chi connectivity index (χ2n) is 5.32. The van der Waals surface area contributed by atoms with Crippen molar-refractivity contribution in [3.05, 3.63) is 0 Å². The summed E-state index contributed by atoms with van der Waals surface area (Å²) in [7, 11) is 0. The van der Waals surface area contributed by atoms with Gasteiger partial charge in [-0.15, -0.1) is 0 Å². The normalized spacial score (nSPS) is 39.2. The standard InChI is InChI=1S/C12H23N/c1-10-6-5-9-12(11(10)13)7-3-2-4-8-12/h10-11H,2-9,13H2,1H3. The highest BCUT2D eigenvalue weighted by atomic mass is 14.7. The molecule has 2 aliphatic carbocycles. The predicted molar refractivity (Wildman–Crippen MR) is 56.5 cm³/mol. The third-order valence-corrected chi connectivity index (χ3v) is 4.50. The fourth-order valence-corrected chi connectivity index (χ4v) is 3.57. The molecule has 1 nitrogen and oxygen atoms in total. The van der Waals surface area contributed by atoms with Gasteiger partial charge in [-0.3, -0.25) is 0 Å². The van der Waals surface area contributed by atoms with Crippen molar-refractivity contribution < 1.29 is 0 Å². The van der Waals surface area contributed by atoms with Gasteiger partial charge >= 0.3 is 0 Å². The van der Waals surface area contributed by atoms with E-state index in [9.17, 15) is 0 Å². The van der Waals surface area contributed by atoms with Crippen LogP contribution in [-0.2, 0) is 0 Å². The molecule has 0 radical (unpaired) electrons. The van der Waals surface area contributed by atoms with Crippen LogP contribution in [0, 0.1) is 11.3 Å². The summed E-state index contributed by atoms with van der Waals surface area (Å²) in [6.07, 6.45) is 11.3. The largest absolute Gasteiger partial charge is 0.327 e. The van der Waals surface area contributed by atoms with Gasteiger partial charge < -0.3 is 5.73 Å². The maximum Gasteiger partial charge on any atom is 0.0121 e. The third-order valence-electron chi connectivity index (χ3n) is 4.50. The second-order valence-corrected chi connectivity index (χ2v) is 5.32. The van der Waals surface area contributed by atoms with Crippen LogP contribution < -0.4 is 5.73 Å². The third kappa shape index (κ3) is 1.63. The Morgan fingerprint density at radius 2 is 1.62 bits per heavy atom. The van der Waals surface area contributed by atoms with Gasteiger partial charge in [0.2, 0.25) is 0 Å². The van der Waals surface area contributed by atoms with Gasteiger partial charge in [-0.05, 0) is 37.0 Å². The molecular weight excluding hydrogens is 158 g/mol. The lowest BCUT2D eigenvalue weighted by Crippen LogP contribution is -2.49. The Balaban J connectivity index is 2.09. The Labute approximate surface area is 82.1 Å². The summed E-state index contributed by atoms with van der Waals surface area (Å²) in [6.45, 7) is 2.35. The molecule has 2 N–H and O–H groups in total. The van der Waals surface area contributed by atoms with E-state index in [0.717, 1.165) is 5.92 Å². The Morgan fingerprint density at radius 3 is 2.31 bits per heavy atom. The molecule has 0 aromatic carbocycles. The minimum atomic E-state index is 0.501. The van der Waals surface area contributed by atoms with Crippen molar-refractivity contribution in [3.8, 4) is 0 Å². The molecule has 0 heterocycles. The average Bonchev–Trinajstić information content (AvgIpc) is 2.16. The molecule has 0 saturated heterocycles. The highest BCUT2D eigenvalue weighted by molar-refractivity contribution is 4.96. The molecule has 13 heavy (non-hydrogen) atoms. The molecule has 2 aliphatic rings. The van der Waals surface area contributed by atoms with Gasteiger partial charge in [0.25, 0.3) is 0 Å². The maximum atomic E-state index is 6.39. The van der Waals surface area contributed by atoms with Crippen LogP contribution in [0.25, 0.3) is 0 Å². The van der Waals surface area contributed by atoms with Crippen molar-refractivity contribution in [3.63, 3.8) is 0 Å². The lowest BCUT2D eigenvalue weighted by molar-refractivity contribution is 0.0637. The molecule has 0 bridgehead atoms. The van der Waals surface area contributed by atoms with Crippen LogP contribution in [-0.4, -0.2) is 6.04 Å². The van der Waals surface area contributed by atoms with E-state index in [2.05, 4.69) is 6.92 Å². The number of rotatable bonds is 0. The minimum absolute atomic E-state index is 0.501. The molecule has 0 aromatic heterocycles. The molecule has 2 saturated carbocycles. The Bertz CT molecular complexity index is 164. The summed E-state index contributed by atoms with van der Waals surface area (Å²) < 4.78 is 0. The predicted octanol–water partition coefficient (Wildman–Crippen LogP) is 3.08. The average molecular weight is 181 g/mol. The summed E-state index contributed by atoms with van der Waals surface area (Å²) in [5.41, 5.74) is 6.95. The van der Waals surface area contributed by atoms with E-state index < -0.39 is 0 Å². The Hall–Kier alpha value is -0.0400. The fourth-order valence-electron chi connectivity index (χ4n) is 3.57. The molecule has 1 heteroatoms. The van der Waals surface area contributed by atoms with E-state index in [4.69, 9.17) is 5.73 Å². The van der Waals surface area contributed by atoms with Crippen molar-refractivity contribution in [2.45, 2.75) is 64.3 Å². The van der Waals surface area contributed by atoms with Crippen LogP contribution in [0.1, 0.15) is 58.3 Å². The minimum Gasteiger partial charge on any atom is -0.327 e. The number of nitrogens with two attached hydrogens (primary N) is 1. The summed E-state index contributed by atoms with van der Waals surface area (Å²) in [5, 5.41) is 0. The summed E-state index contributed by atoms with van der Waals surface area (Å²) in [5.74, 6) is 0.770. The summed E-state index contributed by atoms with van der Waals surface area (Å²) in [4.78, 5) is 0. The SMILES string of the molecule is CC1CCCC2(CCCCC2)C1N. The van der Waals surface area contributed by atoms with Crippen LogP contribution in [0.2, 0.25) is 0 Å². The van der Waals surface area contributed by atoms with Gasteiger partial charge in [-0.1, -0.05) is 32.6 Å². The zero-order valence-electron chi connectivity index (χ0n) is 8.89. The van der Waals surface area contributed by atoms with E-state index in [1.807, 2.05) is 0 Å². The topological polar surface area (TPSA) is 26.0 Å². The Morgan fingerprint density at radius 1 is 1.00 bits per heavy atom. The van der Waals surface area contributed by atoms with Crippen LogP contribution in [0.5, 0.6) is 0 Å². The molecule has 1 spiro atoms. The molecule has 0 aliphatic heterocycles. The van der Waals surface area contributed by atoms with Crippen LogP contribution in [0.3, 0.4) is 0 Å². The van der Waals surface area contributed by atoms with Crippen LogP contribution in [0.15, 0.2) is 0 Å². The molecule has 2 rings (SSSR count). The first-order chi connectivity index (χ1) is 6.25. The number of hydrogen-bond donors (Lipinski definition) is 1. The smallest absolute Gasteiger partial charge is 0.0121 e. The quantitative estimate of drug-likeness (QED) is 0.610. The first-order valence-corrected chi connectivity index (χ1v) is 6.00. The summed E-state index contributed by atoms with van der Waals surface area (Å²) >= 11 is 0. The maximum absolute atomic E-state index is 6.39. The van der Waals surface area contributed by atoms with Crippen molar-refractivity contribution in [1.29, 1.82) is 0 Å². The highest BCUT2D eigenvalue weighted by Crippen LogP contribution is 2.48.